The monoisotopic (exact) mass is 551 g/mol. The Hall–Kier alpha value is -3.53. The summed E-state index contributed by atoms with van der Waals surface area (Å²) in [6.07, 6.45) is 8.12. The number of alkyl halides is 2. The quantitative estimate of drug-likeness (QED) is 0.164. The van der Waals surface area contributed by atoms with Crippen molar-refractivity contribution in [2.24, 2.45) is 5.92 Å². The first kappa shape index (κ1) is 27.1. The van der Waals surface area contributed by atoms with Crippen LogP contribution < -0.4 is 4.74 Å². The molecule has 0 radical (unpaired) electrons. The Morgan fingerprint density at radius 1 is 1.13 bits per heavy atom. The minimum atomic E-state index is -2.87. The van der Waals surface area contributed by atoms with Gasteiger partial charge in [-0.05, 0) is 75.1 Å². The molecule has 0 saturated heterocycles. The number of aromatic nitrogens is 5. The number of hydrogen-bond donors (Lipinski definition) is 0. The van der Waals surface area contributed by atoms with Crippen LogP contribution in [0.15, 0.2) is 60.0 Å². The number of carbonyl (C=O) groups excluding carboxylic acids is 1. The number of nitrogens with zero attached hydrogens (tertiary/aromatic N) is 5. The van der Waals surface area contributed by atoms with Crippen LogP contribution in [0.25, 0.3) is 17.1 Å². The molecule has 0 amide bonds. The number of halogens is 2. The predicted octanol–water partition coefficient (Wildman–Crippen LogP) is 7.08. The first-order chi connectivity index (χ1) is 18.8. The summed E-state index contributed by atoms with van der Waals surface area (Å²) in [4.78, 5) is 17.7. The van der Waals surface area contributed by atoms with Crippen molar-refractivity contribution in [3.8, 4) is 22.8 Å². The zero-order valence-electron chi connectivity index (χ0n) is 22.2. The van der Waals surface area contributed by atoms with Crippen molar-refractivity contribution in [2.75, 3.05) is 5.75 Å². The Bertz CT molecular complexity index is 1440. The van der Waals surface area contributed by atoms with Crippen LogP contribution in [0.1, 0.15) is 60.4 Å². The highest BCUT2D eigenvalue weighted by Gasteiger charge is 2.29. The Morgan fingerprint density at radius 3 is 2.59 bits per heavy atom. The van der Waals surface area contributed by atoms with Gasteiger partial charge in [0.15, 0.2) is 16.8 Å². The predicted molar refractivity (Wildman–Crippen MR) is 147 cm³/mol. The zero-order valence-corrected chi connectivity index (χ0v) is 23.0. The second kappa shape index (κ2) is 11.7. The summed E-state index contributed by atoms with van der Waals surface area (Å²) >= 11 is 1.41. The van der Waals surface area contributed by atoms with Crippen molar-refractivity contribution in [3.05, 3.63) is 71.8 Å². The van der Waals surface area contributed by atoms with Crippen LogP contribution in [0.5, 0.6) is 5.75 Å². The number of benzene rings is 1. The van der Waals surface area contributed by atoms with Gasteiger partial charge in [0.25, 0.3) is 0 Å². The number of Topliss-reactive ketones (excluding diaryl/α,β-unsaturated/α-hetero) is 1. The molecule has 10 heteroatoms. The van der Waals surface area contributed by atoms with Gasteiger partial charge in [0.2, 0.25) is 0 Å². The highest BCUT2D eigenvalue weighted by molar-refractivity contribution is 7.99. The van der Waals surface area contributed by atoms with Crippen LogP contribution in [0.4, 0.5) is 8.78 Å². The van der Waals surface area contributed by atoms with E-state index in [4.69, 9.17) is 0 Å². The number of pyridine rings is 1. The molecule has 4 aromatic rings. The maximum absolute atomic E-state index is 13.4. The fraction of sp³-hybridized carbons (Fsp3) is 0.379. The number of ketones is 1. The fourth-order valence-corrected chi connectivity index (χ4v) is 6.35. The fourth-order valence-electron chi connectivity index (χ4n) is 5.47. The summed E-state index contributed by atoms with van der Waals surface area (Å²) in [7, 11) is 0. The largest absolute Gasteiger partial charge is 0.435 e. The second-order valence-electron chi connectivity index (χ2n) is 9.95. The van der Waals surface area contributed by atoms with E-state index < -0.39 is 6.61 Å². The Kier molecular flexibility index (Phi) is 8.11. The van der Waals surface area contributed by atoms with E-state index in [0.717, 1.165) is 52.9 Å². The first-order valence-corrected chi connectivity index (χ1v) is 14.1. The van der Waals surface area contributed by atoms with Crippen LogP contribution in [-0.2, 0) is 0 Å². The van der Waals surface area contributed by atoms with E-state index in [1.165, 1.54) is 30.3 Å². The van der Waals surface area contributed by atoms with Gasteiger partial charge in [-0.2, -0.15) is 8.78 Å². The summed E-state index contributed by atoms with van der Waals surface area (Å²) in [6.45, 7) is 3.21. The highest BCUT2D eigenvalue weighted by atomic mass is 32.2. The molecule has 0 spiro atoms. The third-order valence-corrected chi connectivity index (χ3v) is 8.31. The Morgan fingerprint density at radius 2 is 1.90 bits per heavy atom. The maximum Gasteiger partial charge on any atom is 0.387 e. The molecule has 0 aliphatic heterocycles. The summed E-state index contributed by atoms with van der Waals surface area (Å²) < 4.78 is 33.6. The van der Waals surface area contributed by atoms with Gasteiger partial charge >= 0.3 is 6.61 Å². The highest BCUT2D eigenvalue weighted by Crippen LogP contribution is 2.39. The first-order valence-electron chi connectivity index (χ1n) is 13.1. The van der Waals surface area contributed by atoms with E-state index in [1.54, 1.807) is 24.5 Å². The molecule has 3 heterocycles. The number of carbonyl (C=O) groups is 1. The molecule has 204 valence electrons. The molecule has 1 fully saturated rings. The molecule has 39 heavy (non-hydrogen) atoms. The average molecular weight is 552 g/mol. The Labute approximate surface area is 230 Å². The molecule has 5 rings (SSSR count). The summed E-state index contributed by atoms with van der Waals surface area (Å²) in [5.74, 6) is 1.57. The van der Waals surface area contributed by atoms with Gasteiger partial charge in [0.1, 0.15) is 5.75 Å². The molecule has 1 saturated carbocycles. The average Bonchev–Trinajstić information content (AvgIpc) is 3.48. The number of thioether (sulfide) groups is 1. The lowest BCUT2D eigenvalue weighted by Crippen LogP contribution is -2.22. The van der Waals surface area contributed by atoms with Crippen LogP contribution in [0, 0.1) is 19.8 Å². The van der Waals surface area contributed by atoms with E-state index in [1.807, 2.05) is 36.6 Å². The van der Waals surface area contributed by atoms with E-state index in [2.05, 4.69) is 31.4 Å². The lowest BCUT2D eigenvalue weighted by Gasteiger charge is -2.31. The van der Waals surface area contributed by atoms with Crippen LogP contribution in [-0.4, -0.2) is 42.5 Å². The van der Waals surface area contributed by atoms with Gasteiger partial charge in [-0.25, -0.2) is 0 Å². The lowest BCUT2D eigenvalue weighted by molar-refractivity contribution is -0.0498. The maximum atomic E-state index is 13.4. The second-order valence-corrected chi connectivity index (χ2v) is 10.9. The minimum Gasteiger partial charge on any atom is -0.435 e. The molecular formula is C29H31F2N5O2S. The van der Waals surface area contributed by atoms with Crippen LogP contribution >= 0.6 is 11.8 Å². The summed E-state index contributed by atoms with van der Waals surface area (Å²) in [5, 5.41) is 9.78. The van der Waals surface area contributed by atoms with Crippen molar-refractivity contribution in [1.82, 2.24) is 24.3 Å². The zero-order chi connectivity index (χ0) is 27.5. The molecule has 1 aliphatic carbocycles. The smallest absolute Gasteiger partial charge is 0.387 e. The number of aryl methyl sites for hydroxylation is 1. The minimum absolute atomic E-state index is 0.00817. The SMILES string of the molecule is Cc1cc(C(=O)CSc2nnc(-c3cccnc3)n2[C@H]2CCCC[C@@H]2C)c(C)n1-c1ccc(OC(F)F)cc1. The van der Waals surface area contributed by atoms with Crippen LogP contribution in [0.3, 0.4) is 0 Å². The van der Waals surface area contributed by atoms with Gasteiger partial charge in [-0.1, -0.05) is 31.5 Å². The van der Waals surface area contributed by atoms with Crippen molar-refractivity contribution < 1.29 is 18.3 Å². The molecule has 0 unspecified atom stereocenters. The molecule has 0 N–H and O–H groups in total. The van der Waals surface area contributed by atoms with Gasteiger partial charge in [-0.15, -0.1) is 10.2 Å². The molecule has 0 bridgehead atoms. The number of ether oxygens (including phenoxy) is 1. The Balaban J connectivity index is 1.38. The third kappa shape index (κ3) is 5.75. The van der Waals surface area contributed by atoms with E-state index in [9.17, 15) is 13.6 Å². The summed E-state index contributed by atoms with van der Waals surface area (Å²) in [5.41, 5.74) is 3.97. The lowest BCUT2D eigenvalue weighted by atomic mass is 9.85. The van der Waals surface area contributed by atoms with E-state index in [-0.39, 0.29) is 23.3 Å². The third-order valence-electron chi connectivity index (χ3n) is 7.37. The van der Waals surface area contributed by atoms with E-state index >= 15 is 0 Å². The van der Waals surface area contributed by atoms with Gasteiger partial charge in [0.05, 0.1) is 5.75 Å². The molecule has 3 aromatic heterocycles. The van der Waals surface area contributed by atoms with Gasteiger partial charge in [0, 0.05) is 46.6 Å². The molecular weight excluding hydrogens is 520 g/mol. The van der Waals surface area contributed by atoms with Crippen molar-refractivity contribution in [2.45, 2.75) is 64.3 Å². The van der Waals surface area contributed by atoms with E-state index in [0.29, 0.717) is 11.5 Å². The molecule has 1 aromatic carbocycles. The molecule has 2 atom stereocenters. The van der Waals surface area contributed by atoms with Crippen LogP contribution in [0.2, 0.25) is 0 Å². The molecule has 1 aliphatic rings. The normalized spacial score (nSPS) is 17.5. The van der Waals surface area contributed by atoms with Gasteiger partial charge < -0.3 is 9.30 Å². The van der Waals surface area contributed by atoms with Gasteiger partial charge in [-0.3, -0.25) is 14.3 Å². The van der Waals surface area contributed by atoms with Crippen molar-refractivity contribution in [3.63, 3.8) is 0 Å². The molecule has 7 nitrogen and oxygen atoms in total. The number of rotatable bonds is 9. The summed E-state index contributed by atoms with van der Waals surface area (Å²) in [6, 6.07) is 12.4. The van der Waals surface area contributed by atoms with Crippen molar-refractivity contribution >= 4 is 17.5 Å². The van der Waals surface area contributed by atoms with Crippen molar-refractivity contribution in [1.29, 1.82) is 0 Å². The standard InChI is InChI=1S/C29H31F2N5O2S/c1-18-7-4-5-9-25(18)36-27(21-8-6-14-32-16-21)33-34-29(36)39-17-26(37)24-15-19(2)35(20(24)3)22-10-12-23(13-11-22)38-28(30)31/h6,8,10-16,18,25,28H,4-5,7,9,17H2,1-3H3/t18-,25-/m0/s1. The topological polar surface area (TPSA) is 74.8 Å². The number of hydrogen-bond acceptors (Lipinski definition) is 6.